The van der Waals surface area contributed by atoms with Crippen molar-refractivity contribution in [3.8, 4) is 5.75 Å². The molecule has 0 aliphatic heterocycles. The molecule has 7 heteroatoms. The molecule has 0 aromatic heterocycles. The molecule has 0 saturated heterocycles. The minimum atomic E-state index is -1.65. The summed E-state index contributed by atoms with van der Waals surface area (Å²) in [5.74, 6) is -8.25. The Morgan fingerprint density at radius 1 is 1.10 bits per heavy atom. The number of hydrogen-bond donors (Lipinski definition) is 1. The SMILES string of the molecule is O=C(COc1c(F)c(F)cc(F)c1F)NC1CCCCC1. The molecule has 0 spiro atoms. The average Bonchev–Trinajstić information content (AvgIpc) is 2.46. The van der Waals surface area contributed by atoms with E-state index in [1.165, 1.54) is 0 Å². The minimum Gasteiger partial charge on any atom is -0.477 e. The Morgan fingerprint density at radius 3 is 2.24 bits per heavy atom. The Morgan fingerprint density at radius 2 is 1.67 bits per heavy atom. The molecule has 21 heavy (non-hydrogen) atoms. The van der Waals surface area contributed by atoms with Gasteiger partial charge in [-0.2, -0.15) is 8.78 Å². The molecule has 2 rings (SSSR count). The van der Waals surface area contributed by atoms with Crippen LogP contribution in [0.4, 0.5) is 17.6 Å². The van der Waals surface area contributed by atoms with Crippen molar-refractivity contribution in [1.29, 1.82) is 0 Å². The molecule has 1 aliphatic carbocycles. The van der Waals surface area contributed by atoms with Gasteiger partial charge in [-0.3, -0.25) is 4.79 Å². The largest absolute Gasteiger partial charge is 0.477 e. The van der Waals surface area contributed by atoms with Crippen LogP contribution in [0, 0.1) is 23.3 Å². The second kappa shape index (κ2) is 6.78. The monoisotopic (exact) mass is 305 g/mol. The first kappa shape index (κ1) is 15.6. The lowest BCUT2D eigenvalue weighted by molar-refractivity contribution is -0.124. The number of halogens is 4. The van der Waals surface area contributed by atoms with Crippen molar-refractivity contribution in [2.45, 2.75) is 38.1 Å². The van der Waals surface area contributed by atoms with Gasteiger partial charge in [0.2, 0.25) is 11.6 Å². The smallest absolute Gasteiger partial charge is 0.258 e. The molecule has 116 valence electrons. The summed E-state index contributed by atoms with van der Waals surface area (Å²) < 4.78 is 57.1. The van der Waals surface area contributed by atoms with E-state index < -0.39 is 41.5 Å². The van der Waals surface area contributed by atoms with Gasteiger partial charge in [-0.05, 0) is 12.8 Å². The van der Waals surface area contributed by atoms with E-state index in [1.807, 2.05) is 0 Å². The maximum absolute atomic E-state index is 13.3. The summed E-state index contributed by atoms with van der Waals surface area (Å²) in [6.07, 6.45) is 4.79. The van der Waals surface area contributed by atoms with E-state index in [9.17, 15) is 22.4 Å². The summed E-state index contributed by atoms with van der Waals surface area (Å²) >= 11 is 0. The van der Waals surface area contributed by atoms with Crippen LogP contribution in [0.1, 0.15) is 32.1 Å². The minimum absolute atomic E-state index is 0.00814. The second-order valence-electron chi connectivity index (χ2n) is 4.99. The van der Waals surface area contributed by atoms with Gasteiger partial charge >= 0.3 is 0 Å². The molecule has 1 fully saturated rings. The van der Waals surface area contributed by atoms with Crippen LogP contribution in [0.25, 0.3) is 0 Å². The molecule has 1 aromatic carbocycles. The number of amides is 1. The van der Waals surface area contributed by atoms with Crippen LogP contribution < -0.4 is 10.1 Å². The molecular formula is C14H15F4NO2. The van der Waals surface area contributed by atoms with E-state index in [0.717, 1.165) is 32.1 Å². The van der Waals surface area contributed by atoms with Crippen LogP contribution in [-0.4, -0.2) is 18.6 Å². The van der Waals surface area contributed by atoms with Crippen LogP contribution in [0.15, 0.2) is 6.07 Å². The molecule has 1 amide bonds. The van der Waals surface area contributed by atoms with E-state index in [4.69, 9.17) is 0 Å². The Kier molecular flexibility index (Phi) is 5.03. The van der Waals surface area contributed by atoms with Gasteiger partial charge in [0.25, 0.3) is 5.91 Å². The molecule has 0 radical (unpaired) electrons. The van der Waals surface area contributed by atoms with Crippen molar-refractivity contribution in [3.63, 3.8) is 0 Å². The third-order valence-corrected chi connectivity index (χ3v) is 3.39. The van der Waals surface area contributed by atoms with Gasteiger partial charge in [0.15, 0.2) is 24.0 Å². The zero-order valence-corrected chi connectivity index (χ0v) is 11.2. The number of hydrogen-bond acceptors (Lipinski definition) is 2. The number of carbonyl (C=O) groups is 1. The number of nitrogens with one attached hydrogen (secondary N) is 1. The van der Waals surface area contributed by atoms with Gasteiger partial charge in [-0.15, -0.1) is 0 Å². The van der Waals surface area contributed by atoms with Gasteiger partial charge in [0.05, 0.1) is 0 Å². The Bertz CT molecular complexity index is 504. The summed E-state index contributed by atoms with van der Waals surface area (Å²) in [6, 6.07) is 0.0911. The third kappa shape index (κ3) is 3.86. The highest BCUT2D eigenvalue weighted by Gasteiger charge is 2.22. The van der Waals surface area contributed by atoms with Gasteiger partial charge in [0, 0.05) is 12.1 Å². The topological polar surface area (TPSA) is 38.3 Å². The van der Waals surface area contributed by atoms with Crippen molar-refractivity contribution >= 4 is 5.91 Å². The summed E-state index contributed by atoms with van der Waals surface area (Å²) in [5, 5.41) is 2.66. The van der Waals surface area contributed by atoms with E-state index in [0.29, 0.717) is 0 Å². The fraction of sp³-hybridized carbons (Fsp3) is 0.500. The normalized spacial score (nSPS) is 15.8. The molecule has 1 aromatic rings. The Hall–Kier alpha value is -1.79. The molecule has 1 aliphatic rings. The predicted octanol–water partition coefficient (Wildman–Crippen LogP) is 3.07. The fourth-order valence-electron chi connectivity index (χ4n) is 2.33. The maximum Gasteiger partial charge on any atom is 0.258 e. The molecule has 0 bridgehead atoms. The highest BCUT2D eigenvalue weighted by Crippen LogP contribution is 2.26. The molecular weight excluding hydrogens is 290 g/mol. The lowest BCUT2D eigenvalue weighted by Crippen LogP contribution is -2.39. The van der Waals surface area contributed by atoms with Crippen molar-refractivity contribution in [3.05, 3.63) is 29.3 Å². The zero-order chi connectivity index (χ0) is 15.4. The average molecular weight is 305 g/mol. The molecule has 1 saturated carbocycles. The van der Waals surface area contributed by atoms with E-state index in [1.54, 1.807) is 0 Å². The van der Waals surface area contributed by atoms with Crippen molar-refractivity contribution in [2.75, 3.05) is 6.61 Å². The maximum atomic E-state index is 13.3. The van der Waals surface area contributed by atoms with E-state index in [-0.39, 0.29) is 12.1 Å². The van der Waals surface area contributed by atoms with Gasteiger partial charge in [-0.1, -0.05) is 19.3 Å². The van der Waals surface area contributed by atoms with Gasteiger partial charge < -0.3 is 10.1 Å². The standard InChI is InChI=1S/C14H15F4NO2/c15-9-6-10(16)13(18)14(12(9)17)21-7-11(20)19-8-4-2-1-3-5-8/h6,8H,1-5,7H2,(H,19,20). The first-order chi connectivity index (χ1) is 9.99. The Labute approximate surface area is 119 Å². The fourth-order valence-corrected chi connectivity index (χ4v) is 2.33. The lowest BCUT2D eigenvalue weighted by atomic mass is 9.95. The molecule has 0 heterocycles. The van der Waals surface area contributed by atoms with Crippen LogP contribution in [0.5, 0.6) is 5.75 Å². The summed E-state index contributed by atoms with van der Waals surface area (Å²) in [4.78, 5) is 11.6. The first-order valence-corrected chi connectivity index (χ1v) is 6.74. The number of carbonyl (C=O) groups excluding carboxylic acids is 1. The Balaban J connectivity index is 1.95. The predicted molar refractivity (Wildman–Crippen MR) is 66.8 cm³/mol. The quantitative estimate of drug-likeness (QED) is 0.686. The summed E-state index contributed by atoms with van der Waals surface area (Å²) in [7, 11) is 0. The number of benzene rings is 1. The van der Waals surface area contributed by atoms with Gasteiger partial charge in [0.1, 0.15) is 0 Å². The highest BCUT2D eigenvalue weighted by molar-refractivity contribution is 5.77. The summed E-state index contributed by atoms with van der Waals surface area (Å²) in [5.41, 5.74) is 0. The van der Waals surface area contributed by atoms with Crippen molar-refractivity contribution in [2.24, 2.45) is 0 Å². The van der Waals surface area contributed by atoms with Crippen molar-refractivity contribution < 1.29 is 27.1 Å². The van der Waals surface area contributed by atoms with Crippen LogP contribution in [0.3, 0.4) is 0 Å². The van der Waals surface area contributed by atoms with Crippen LogP contribution in [0.2, 0.25) is 0 Å². The zero-order valence-electron chi connectivity index (χ0n) is 11.2. The lowest BCUT2D eigenvalue weighted by Gasteiger charge is -2.22. The number of ether oxygens (including phenoxy) is 1. The van der Waals surface area contributed by atoms with E-state index in [2.05, 4.69) is 10.1 Å². The van der Waals surface area contributed by atoms with Gasteiger partial charge in [-0.25, -0.2) is 8.78 Å². The second-order valence-corrected chi connectivity index (χ2v) is 4.99. The van der Waals surface area contributed by atoms with Crippen LogP contribution >= 0.6 is 0 Å². The molecule has 0 atom stereocenters. The molecule has 3 nitrogen and oxygen atoms in total. The van der Waals surface area contributed by atoms with E-state index >= 15 is 0 Å². The highest BCUT2D eigenvalue weighted by atomic mass is 19.2. The molecule has 1 N–H and O–H groups in total. The number of rotatable bonds is 4. The van der Waals surface area contributed by atoms with Crippen molar-refractivity contribution in [1.82, 2.24) is 5.32 Å². The third-order valence-electron chi connectivity index (χ3n) is 3.39. The first-order valence-electron chi connectivity index (χ1n) is 6.74. The van der Waals surface area contributed by atoms with Crippen LogP contribution in [-0.2, 0) is 4.79 Å². The molecule has 0 unspecified atom stereocenters. The summed E-state index contributed by atoms with van der Waals surface area (Å²) in [6.45, 7) is -0.701.